The highest BCUT2D eigenvalue weighted by molar-refractivity contribution is 7.26. The van der Waals surface area contributed by atoms with Gasteiger partial charge in [-0.25, -0.2) is 9.97 Å². The number of anilines is 3. The lowest BCUT2D eigenvalue weighted by Gasteiger charge is -2.34. The third-order valence-corrected chi connectivity index (χ3v) is 11.4. The molecule has 0 atom stereocenters. The summed E-state index contributed by atoms with van der Waals surface area (Å²) in [7, 11) is 0. The van der Waals surface area contributed by atoms with Crippen molar-refractivity contribution in [3.8, 4) is 33.8 Å². The van der Waals surface area contributed by atoms with Crippen molar-refractivity contribution < 1.29 is 0 Å². The maximum atomic E-state index is 5.39. The molecule has 0 amide bonds. The number of fused-ring (bicyclic) bond motifs is 8. The van der Waals surface area contributed by atoms with Crippen LogP contribution in [0.25, 0.3) is 86.4 Å². The van der Waals surface area contributed by atoms with Crippen LogP contribution in [0.5, 0.6) is 0 Å². The molecule has 0 aliphatic carbocycles. The Bertz CT molecular complexity index is 3010. The molecule has 11 rings (SSSR count). The molecule has 10 aromatic rings. The number of benzene rings is 8. The van der Waals surface area contributed by atoms with Gasteiger partial charge in [-0.2, -0.15) is 0 Å². The Morgan fingerprint density at radius 1 is 0.480 bits per heavy atom. The van der Waals surface area contributed by atoms with E-state index in [1.165, 1.54) is 64.2 Å². The first-order valence-corrected chi connectivity index (χ1v) is 17.7. The quantitative estimate of drug-likeness (QED) is 0.190. The predicted octanol–water partition coefficient (Wildman–Crippen LogP) is 13.1. The molecule has 3 heterocycles. The number of para-hydroxylation sites is 1. The second-order valence-corrected chi connectivity index (χ2v) is 14.0. The van der Waals surface area contributed by atoms with Gasteiger partial charge in [0.2, 0.25) is 0 Å². The third-order valence-electron chi connectivity index (χ3n) is 10.2. The van der Waals surface area contributed by atoms with E-state index in [0.29, 0.717) is 5.82 Å². The van der Waals surface area contributed by atoms with Crippen LogP contribution in [0.1, 0.15) is 0 Å². The van der Waals surface area contributed by atoms with Crippen LogP contribution in [0.4, 0.5) is 17.1 Å². The lowest BCUT2D eigenvalue weighted by molar-refractivity contribution is 1.22. The Morgan fingerprint density at radius 2 is 1.20 bits per heavy atom. The molecule has 50 heavy (non-hydrogen) atoms. The van der Waals surface area contributed by atoms with Crippen molar-refractivity contribution in [2.45, 2.75) is 0 Å². The molecule has 3 nitrogen and oxygen atoms in total. The van der Waals surface area contributed by atoms with Gasteiger partial charge in [-0.1, -0.05) is 133 Å². The van der Waals surface area contributed by atoms with Crippen LogP contribution in [-0.2, 0) is 0 Å². The molecule has 1 aliphatic heterocycles. The minimum absolute atomic E-state index is 0.715. The summed E-state index contributed by atoms with van der Waals surface area (Å²) in [6.07, 6.45) is 0. The topological polar surface area (TPSA) is 29.0 Å². The number of nitrogens with zero attached hydrogens (tertiary/aromatic N) is 3. The molecule has 0 saturated carbocycles. The molecule has 1 aliphatic rings. The van der Waals surface area contributed by atoms with Gasteiger partial charge in [0, 0.05) is 58.7 Å². The van der Waals surface area contributed by atoms with Crippen LogP contribution in [0, 0.1) is 0 Å². The Hall–Kier alpha value is -6.36. The summed E-state index contributed by atoms with van der Waals surface area (Å²) in [5.41, 5.74) is 9.96. The van der Waals surface area contributed by atoms with Gasteiger partial charge in [-0.05, 0) is 46.7 Å². The zero-order chi connectivity index (χ0) is 32.8. The van der Waals surface area contributed by atoms with Crippen LogP contribution < -0.4 is 4.90 Å². The fraction of sp³-hybridized carbons (Fsp3) is 0. The second kappa shape index (κ2) is 10.6. The average molecular weight is 654 g/mol. The number of hydrogen-bond acceptors (Lipinski definition) is 4. The first kappa shape index (κ1) is 27.6. The van der Waals surface area contributed by atoms with Crippen LogP contribution in [0.15, 0.2) is 164 Å². The number of thiophene rings is 1. The molecular weight excluding hydrogens is 627 g/mol. The summed E-state index contributed by atoms with van der Waals surface area (Å²) in [4.78, 5) is 13.0. The van der Waals surface area contributed by atoms with Gasteiger partial charge >= 0.3 is 0 Å². The molecule has 232 valence electrons. The fourth-order valence-electron chi connectivity index (χ4n) is 7.96. The molecule has 0 saturated heterocycles. The summed E-state index contributed by atoms with van der Waals surface area (Å²) in [6.45, 7) is 0. The van der Waals surface area contributed by atoms with E-state index in [0.717, 1.165) is 33.4 Å². The average Bonchev–Trinajstić information content (AvgIpc) is 3.57. The van der Waals surface area contributed by atoms with Gasteiger partial charge in [0.1, 0.15) is 0 Å². The number of rotatable bonds is 3. The van der Waals surface area contributed by atoms with Crippen molar-refractivity contribution in [3.05, 3.63) is 164 Å². The zero-order valence-corrected chi connectivity index (χ0v) is 27.7. The Kier molecular flexibility index (Phi) is 5.83. The highest BCUT2D eigenvalue weighted by atomic mass is 32.1. The van der Waals surface area contributed by atoms with E-state index in [2.05, 4.69) is 169 Å². The molecule has 0 radical (unpaired) electrons. The lowest BCUT2D eigenvalue weighted by Crippen LogP contribution is -2.15. The van der Waals surface area contributed by atoms with E-state index in [9.17, 15) is 0 Å². The summed E-state index contributed by atoms with van der Waals surface area (Å²) in [6, 6.07) is 58.9. The molecule has 8 aromatic carbocycles. The molecule has 4 heteroatoms. The van der Waals surface area contributed by atoms with Gasteiger partial charge in [-0.3, -0.25) is 0 Å². The summed E-state index contributed by atoms with van der Waals surface area (Å²) >= 11 is 1.83. The van der Waals surface area contributed by atoms with E-state index >= 15 is 0 Å². The smallest absolute Gasteiger partial charge is 0.160 e. The predicted molar refractivity (Wildman–Crippen MR) is 212 cm³/mol. The van der Waals surface area contributed by atoms with Crippen molar-refractivity contribution in [3.63, 3.8) is 0 Å². The summed E-state index contributed by atoms with van der Waals surface area (Å²) < 4.78 is 2.54. The largest absolute Gasteiger partial charge is 0.309 e. The molecular formula is C46H27N3S. The molecule has 0 N–H and O–H groups in total. The standard InChI is InChI=1S/C46H27N3S/c1-2-16-32-28(11-1)25-26-35-34-19-8-12-29-13-9-23-40(42(29)34)49(44(32)35)31-15-7-14-30(27-31)46-47-39-22-5-3-18-37(39)43(48-46)38-21-10-20-36-33-17-4-6-24-41(33)50-45(36)38/h1-27H. The second-order valence-electron chi connectivity index (χ2n) is 12.9. The van der Waals surface area contributed by atoms with Crippen molar-refractivity contribution >= 4 is 81.0 Å². The first-order chi connectivity index (χ1) is 24.8. The molecule has 0 fully saturated rings. The molecule has 0 unspecified atom stereocenters. The minimum Gasteiger partial charge on any atom is -0.309 e. The lowest BCUT2D eigenvalue weighted by atomic mass is 9.88. The molecule has 0 spiro atoms. The number of aromatic nitrogens is 2. The van der Waals surface area contributed by atoms with Gasteiger partial charge in [0.15, 0.2) is 5.82 Å². The van der Waals surface area contributed by atoms with Crippen molar-refractivity contribution in [1.82, 2.24) is 9.97 Å². The fourth-order valence-corrected chi connectivity index (χ4v) is 9.18. The van der Waals surface area contributed by atoms with E-state index in [1.54, 1.807) is 0 Å². The highest BCUT2D eigenvalue weighted by Crippen LogP contribution is 2.53. The van der Waals surface area contributed by atoms with E-state index < -0.39 is 0 Å². The SMILES string of the molecule is c1cc(-c2nc(-c3cccc4c3sc3ccccc34)c3ccccc3n2)cc(N2c3c(ccc4ccccc34)-c3cccc4cccc2c34)c1. The third kappa shape index (κ3) is 3.97. The maximum absolute atomic E-state index is 5.39. The van der Waals surface area contributed by atoms with Crippen LogP contribution in [-0.4, -0.2) is 9.97 Å². The van der Waals surface area contributed by atoms with Crippen molar-refractivity contribution in [1.29, 1.82) is 0 Å². The van der Waals surface area contributed by atoms with Crippen LogP contribution >= 0.6 is 11.3 Å². The Balaban J connectivity index is 1.15. The van der Waals surface area contributed by atoms with E-state index in [1.807, 2.05) is 11.3 Å². The van der Waals surface area contributed by atoms with Gasteiger partial charge in [0.05, 0.1) is 22.6 Å². The molecule has 0 bridgehead atoms. The van der Waals surface area contributed by atoms with Gasteiger partial charge in [-0.15, -0.1) is 11.3 Å². The van der Waals surface area contributed by atoms with Crippen molar-refractivity contribution in [2.75, 3.05) is 4.90 Å². The van der Waals surface area contributed by atoms with E-state index in [-0.39, 0.29) is 0 Å². The monoisotopic (exact) mass is 653 g/mol. The summed E-state index contributed by atoms with van der Waals surface area (Å²) in [5, 5.41) is 8.55. The van der Waals surface area contributed by atoms with E-state index in [4.69, 9.17) is 9.97 Å². The Morgan fingerprint density at radius 3 is 2.14 bits per heavy atom. The number of hydrogen-bond donors (Lipinski definition) is 0. The van der Waals surface area contributed by atoms with Crippen LogP contribution in [0.2, 0.25) is 0 Å². The minimum atomic E-state index is 0.715. The zero-order valence-electron chi connectivity index (χ0n) is 26.8. The normalized spacial score (nSPS) is 12.4. The van der Waals surface area contributed by atoms with Gasteiger partial charge < -0.3 is 4.90 Å². The van der Waals surface area contributed by atoms with Gasteiger partial charge in [0.25, 0.3) is 0 Å². The van der Waals surface area contributed by atoms with Crippen LogP contribution in [0.3, 0.4) is 0 Å². The first-order valence-electron chi connectivity index (χ1n) is 16.9. The maximum Gasteiger partial charge on any atom is 0.160 e. The highest BCUT2D eigenvalue weighted by Gasteiger charge is 2.28. The summed E-state index contributed by atoms with van der Waals surface area (Å²) in [5.74, 6) is 0.715. The molecule has 2 aromatic heterocycles. The Labute approximate surface area is 292 Å². The van der Waals surface area contributed by atoms with Crippen molar-refractivity contribution in [2.24, 2.45) is 0 Å².